The summed E-state index contributed by atoms with van der Waals surface area (Å²) in [5, 5.41) is 0. The summed E-state index contributed by atoms with van der Waals surface area (Å²) in [5.74, 6) is 2.05. The second kappa shape index (κ2) is 7.80. The topological polar surface area (TPSA) is 44.7 Å². The van der Waals surface area contributed by atoms with Crippen LogP contribution in [0.25, 0.3) is 0 Å². The zero-order valence-corrected chi connectivity index (χ0v) is 14.5. The molecule has 25 heavy (non-hydrogen) atoms. The van der Waals surface area contributed by atoms with Gasteiger partial charge in [0, 0.05) is 51.9 Å². The fourth-order valence-electron chi connectivity index (χ4n) is 3.45. The van der Waals surface area contributed by atoms with E-state index >= 15 is 0 Å². The minimum Gasteiger partial charge on any atom is -0.378 e. The van der Waals surface area contributed by atoms with Crippen LogP contribution in [0.1, 0.15) is 5.56 Å². The van der Waals surface area contributed by atoms with Crippen molar-refractivity contribution < 1.29 is 4.74 Å². The minimum absolute atomic E-state index is 0.775. The lowest BCUT2D eigenvalue weighted by Crippen LogP contribution is -2.46. The van der Waals surface area contributed by atoms with Gasteiger partial charge in [-0.05, 0) is 5.56 Å². The Labute approximate surface area is 149 Å². The Morgan fingerprint density at radius 1 is 0.800 bits per heavy atom. The molecule has 0 bridgehead atoms. The van der Waals surface area contributed by atoms with Crippen molar-refractivity contribution in [3.8, 4) is 0 Å². The van der Waals surface area contributed by atoms with Gasteiger partial charge in [-0.15, -0.1) is 0 Å². The number of ether oxygens (including phenoxy) is 1. The molecule has 1 aromatic heterocycles. The summed E-state index contributed by atoms with van der Waals surface area (Å²) in [5.41, 5.74) is 1.38. The summed E-state index contributed by atoms with van der Waals surface area (Å²) in [4.78, 5) is 16.1. The lowest BCUT2D eigenvalue weighted by molar-refractivity contribution is 0.122. The van der Waals surface area contributed by atoms with E-state index in [1.165, 1.54) is 5.56 Å². The van der Waals surface area contributed by atoms with Crippen molar-refractivity contribution >= 4 is 11.6 Å². The van der Waals surface area contributed by atoms with Gasteiger partial charge in [-0.2, -0.15) is 0 Å². The standard InChI is InChI=1S/C19H25N5O/c1-2-4-17(5-3-1)15-22-6-8-23(9-7-22)18-14-19(21-16-20-18)24-10-12-25-13-11-24/h1-5,14,16H,6-13,15H2. The van der Waals surface area contributed by atoms with Gasteiger partial charge < -0.3 is 14.5 Å². The van der Waals surface area contributed by atoms with Gasteiger partial charge in [0.05, 0.1) is 13.2 Å². The van der Waals surface area contributed by atoms with Crippen molar-refractivity contribution in [2.75, 3.05) is 62.3 Å². The second-order valence-corrected chi connectivity index (χ2v) is 6.58. The molecular weight excluding hydrogens is 314 g/mol. The fraction of sp³-hybridized carbons (Fsp3) is 0.474. The smallest absolute Gasteiger partial charge is 0.134 e. The number of benzene rings is 1. The van der Waals surface area contributed by atoms with Crippen LogP contribution < -0.4 is 9.80 Å². The predicted octanol–water partition coefficient (Wildman–Crippen LogP) is 1.64. The van der Waals surface area contributed by atoms with Crippen LogP contribution in [-0.2, 0) is 11.3 Å². The molecule has 2 aliphatic heterocycles. The molecule has 0 saturated carbocycles. The van der Waals surface area contributed by atoms with Gasteiger partial charge in [-0.25, -0.2) is 9.97 Å². The first-order chi connectivity index (χ1) is 12.4. The van der Waals surface area contributed by atoms with Crippen LogP contribution >= 0.6 is 0 Å². The van der Waals surface area contributed by atoms with Crippen LogP contribution in [0.5, 0.6) is 0 Å². The number of nitrogens with zero attached hydrogens (tertiary/aromatic N) is 5. The molecule has 2 aliphatic rings. The van der Waals surface area contributed by atoms with E-state index in [4.69, 9.17) is 4.74 Å². The van der Waals surface area contributed by atoms with Gasteiger partial charge in [0.15, 0.2) is 0 Å². The normalized spacial score (nSPS) is 19.2. The summed E-state index contributed by atoms with van der Waals surface area (Å²) < 4.78 is 5.43. The summed E-state index contributed by atoms with van der Waals surface area (Å²) in [6.45, 7) is 8.52. The first kappa shape index (κ1) is 16.3. The van der Waals surface area contributed by atoms with Gasteiger partial charge in [-0.3, -0.25) is 4.90 Å². The Morgan fingerprint density at radius 3 is 2.12 bits per heavy atom. The third-order valence-corrected chi connectivity index (χ3v) is 4.92. The molecule has 2 fully saturated rings. The third-order valence-electron chi connectivity index (χ3n) is 4.92. The van der Waals surface area contributed by atoms with Crippen LogP contribution in [0, 0.1) is 0 Å². The number of anilines is 2. The monoisotopic (exact) mass is 339 g/mol. The molecule has 0 amide bonds. The summed E-state index contributed by atoms with van der Waals surface area (Å²) in [7, 11) is 0. The number of aromatic nitrogens is 2. The second-order valence-electron chi connectivity index (χ2n) is 6.58. The quantitative estimate of drug-likeness (QED) is 0.844. The van der Waals surface area contributed by atoms with E-state index < -0.39 is 0 Å². The molecule has 0 spiro atoms. The highest BCUT2D eigenvalue weighted by Crippen LogP contribution is 2.20. The Balaban J connectivity index is 1.36. The Kier molecular flexibility index (Phi) is 5.09. The van der Waals surface area contributed by atoms with Crippen molar-refractivity contribution in [3.63, 3.8) is 0 Å². The van der Waals surface area contributed by atoms with Crippen molar-refractivity contribution in [3.05, 3.63) is 48.3 Å². The average Bonchev–Trinajstić information content (AvgIpc) is 2.70. The summed E-state index contributed by atoms with van der Waals surface area (Å²) in [6, 6.07) is 12.8. The predicted molar refractivity (Wildman–Crippen MR) is 99.0 cm³/mol. The van der Waals surface area contributed by atoms with Gasteiger partial charge in [0.1, 0.15) is 18.0 Å². The Morgan fingerprint density at radius 2 is 1.44 bits per heavy atom. The number of hydrogen-bond donors (Lipinski definition) is 0. The molecule has 1 aromatic carbocycles. The van der Waals surface area contributed by atoms with Crippen molar-refractivity contribution in [1.29, 1.82) is 0 Å². The SMILES string of the molecule is c1ccc(CN2CCN(c3cc(N4CCOCC4)ncn3)CC2)cc1. The molecule has 3 heterocycles. The lowest BCUT2D eigenvalue weighted by Gasteiger charge is -2.36. The van der Waals surface area contributed by atoms with Gasteiger partial charge in [0.25, 0.3) is 0 Å². The van der Waals surface area contributed by atoms with E-state index in [2.05, 4.69) is 61.1 Å². The van der Waals surface area contributed by atoms with Crippen LogP contribution in [0.4, 0.5) is 11.6 Å². The first-order valence-electron chi connectivity index (χ1n) is 9.04. The van der Waals surface area contributed by atoms with E-state index in [-0.39, 0.29) is 0 Å². The number of rotatable bonds is 4. The maximum absolute atomic E-state index is 5.43. The first-order valence-corrected chi connectivity index (χ1v) is 9.04. The van der Waals surface area contributed by atoms with Crippen LogP contribution in [0.2, 0.25) is 0 Å². The number of piperazine rings is 1. The fourth-order valence-corrected chi connectivity index (χ4v) is 3.45. The molecular formula is C19H25N5O. The van der Waals surface area contributed by atoms with Gasteiger partial charge >= 0.3 is 0 Å². The van der Waals surface area contributed by atoms with Crippen LogP contribution in [0.3, 0.4) is 0 Å². The maximum atomic E-state index is 5.43. The highest BCUT2D eigenvalue weighted by atomic mass is 16.5. The molecule has 6 nitrogen and oxygen atoms in total. The molecule has 4 rings (SSSR count). The Hall–Kier alpha value is -2.18. The average molecular weight is 339 g/mol. The van der Waals surface area contributed by atoms with Crippen molar-refractivity contribution in [2.45, 2.75) is 6.54 Å². The number of morpholine rings is 1. The molecule has 0 unspecified atom stereocenters. The molecule has 0 atom stereocenters. The molecule has 132 valence electrons. The lowest BCUT2D eigenvalue weighted by atomic mass is 10.2. The molecule has 2 saturated heterocycles. The van der Waals surface area contributed by atoms with Crippen LogP contribution in [-0.4, -0.2) is 67.4 Å². The molecule has 2 aromatic rings. The molecule has 6 heteroatoms. The highest BCUT2D eigenvalue weighted by Gasteiger charge is 2.20. The zero-order chi connectivity index (χ0) is 16.9. The van der Waals surface area contributed by atoms with Gasteiger partial charge in [-0.1, -0.05) is 30.3 Å². The van der Waals surface area contributed by atoms with E-state index in [1.54, 1.807) is 6.33 Å². The largest absolute Gasteiger partial charge is 0.378 e. The third kappa shape index (κ3) is 4.08. The van der Waals surface area contributed by atoms with Crippen molar-refractivity contribution in [2.24, 2.45) is 0 Å². The van der Waals surface area contributed by atoms with Crippen molar-refractivity contribution in [1.82, 2.24) is 14.9 Å². The Bertz CT molecular complexity index is 667. The molecule has 0 radical (unpaired) electrons. The maximum Gasteiger partial charge on any atom is 0.134 e. The molecule has 0 N–H and O–H groups in total. The van der Waals surface area contributed by atoms with Crippen LogP contribution in [0.15, 0.2) is 42.7 Å². The minimum atomic E-state index is 0.775. The highest BCUT2D eigenvalue weighted by molar-refractivity contribution is 5.50. The zero-order valence-electron chi connectivity index (χ0n) is 14.5. The van der Waals surface area contributed by atoms with E-state index in [1.807, 2.05) is 0 Å². The molecule has 0 aliphatic carbocycles. The summed E-state index contributed by atoms with van der Waals surface area (Å²) in [6.07, 6.45) is 1.69. The van der Waals surface area contributed by atoms with E-state index in [0.717, 1.165) is 70.7 Å². The summed E-state index contributed by atoms with van der Waals surface area (Å²) >= 11 is 0. The van der Waals surface area contributed by atoms with Gasteiger partial charge in [0.2, 0.25) is 0 Å². The van der Waals surface area contributed by atoms with E-state index in [9.17, 15) is 0 Å². The van der Waals surface area contributed by atoms with E-state index in [0.29, 0.717) is 0 Å². The number of hydrogen-bond acceptors (Lipinski definition) is 6.